The molecule has 1 aromatic carbocycles. The Hall–Kier alpha value is -1.61. The van der Waals surface area contributed by atoms with Gasteiger partial charge in [0.05, 0.1) is 22.8 Å². The van der Waals surface area contributed by atoms with E-state index in [1.54, 1.807) is 0 Å². The molecular weight excluding hydrogens is 250 g/mol. The van der Waals surface area contributed by atoms with Crippen LogP contribution in [0.25, 0.3) is 0 Å². The zero-order valence-corrected chi connectivity index (χ0v) is 8.16. The lowest BCUT2D eigenvalue weighted by Crippen LogP contribution is -2.10. The summed E-state index contributed by atoms with van der Waals surface area (Å²) in [6.07, 6.45) is -4.85. The molecule has 0 heterocycles. The highest BCUT2D eigenvalue weighted by Crippen LogP contribution is 2.33. The number of carbonyl (C=O) groups excluding carboxylic acids is 1. The summed E-state index contributed by atoms with van der Waals surface area (Å²) in [6.45, 7) is 0. The standard InChI is InChI=1S/C9H2ClF4NO/c10-8(16)5-2-6(9(12,13)14)4(3-15)1-7(5)11/h1-2H. The summed E-state index contributed by atoms with van der Waals surface area (Å²) in [6, 6.07) is 1.75. The molecule has 2 nitrogen and oxygen atoms in total. The van der Waals surface area contributed by atoms with Gasteiger partial charge >= 0.3 is 6.18 Å². The molecule has 16 heavy (non-hydrogen) atoms. The molecule has 0 amide bonds. The third-order valence-electron chi connectivity index (χ3n) is 1.74. The summed E-state index contributed by atoms with van der Waals surface area (Å²) in [7, 11) is 0. The van der Waals surface area contributed by atoms with Crippen LogP contribution in [-0.2, 0) is 6.18 Å². The molecule has 0 aliphatic carbocycles. The lowest BCUT2D eigenvalue weighted by molar-refractivity contribution is -0.137. The molecule has 1 aromatic rings. The van der Waals surface area contributed by atoms with Crippen LogP contribution < -0.4 is 0 Å². The average molecular weight is 252 g/mol. The number of hydrogen-bond donors (Lipinski definition) is 0. The quantitative estimate of drug-likeness (QED) is 0.568. The Morgan fingerprint density at radius 2 is 1.94 bits per heavy atom. The van der Waals surface area contributed by atoms with Crippen molar-refractivity contribution in [1.29, 1.82) is 5.26 Å². The second-order valence-electron chi connectivity index (χ2n) is 2.76. The zero-order valence-electron chi connectivity index (χ0n) is 7.40. The zero-order chi connectivity index (χ0) is 12.5. The average Bonchev–Trinajstić information content (AvgIpc) is 2.14. The molecule has 7 heteroatoms. The highest BCUT2D eigenvalue weighted by molar-refractivity contribution is 6.67. The third kappa shape index (κ3) is 2.31. The molecule has 0 spiro atoms. The molecule has 0 aliphatic rings. The van der Waals surface area contributed by atoms with E-state index in [4.69, 9.17) is 16.9 Å². The van der Waals surface area contributed by atoms with Crippen LogP contribution >= 0.6 is 11.6 Å². The van der Waals surface area contributed by atoms with Gasteiger partial charge < -0.3 is 0 Å². The fourth-order valence-corrected chi connectivity index (χ4v) is 1.20. The monoisotopic (exact) mass is 251 g/mol. The van der Waals surface area contributed by atoms with Gasteiger partial charge in [0.25, 0.3) is 5.24 Å². The van der Waals surface area contributed by atoms with Crippen molar-refractivity contribution in [3.05, 3.63) is 34.6 Å². The molecule has 0 unspecified atom stereocenters. The molecule has 1 rings (SSSR count). The van der Waals surface area contributed by atoms with Gasteiger partial charge in [0.1, 0.15) is 5.82 Å². The molecule has 84 valence electrons. The van der Waals surface area contributed by atoms with E-state index in [1.807, 2.05) is 0 Å². The molecule has 0 aliphatic heterocycles. The van der Waals surface area contributed by atoms with Crippen LogP contribution in [0.1, 0.15) is 21.5 Å². The van der Waals surface area contributed by atoms with E-state index in [-0.39, 0.29) is 6.07 Å². The smallest absolute Gasteiger partial charge is 0.275 e. The maximum Gasteiger partial charge on any atom is 0.417 e. The van der Waals surface area contributed by atoms with Gasteiger partial charge in [-0.3, -0.25) is 4.79 Å². The van der Waals surface area contributed by atoms with Crippen LogP contribution in [0.5, 0.6) is 0 Å². The lowest BCUT2D eigenvalue weighted by Gasteiger charge is -2.09. The summed E-state index contributed by atoms with van der Waals surface area (Å²) >= 11 is 4.90. The number of hydrogen-bond acceptors (Lipinski definition) is 2. The van der Waals surface area contributed by atoms with E-state index >= 15 is 0 Å². The SMILES string of the molecule is N#Cc1cc(F)c(C(=O)Cl)cc1C(F)(F)F. The Morgan fingerprint density at radius 1 is 1.38 bits per heavy atom. The molecule has 0 aromatic heterocycles. The molecule has 0 saturated heterocycles. The minimum atomic E-state index is -4.85. The fourth-order valence-electron chi connectivity index (χ4n) is 1.05. The summed E-state index contributed by atoms with van der Waals surface area (Å²) in [4.78, 5) is 10.6. The van der Waals surface area contributed by atoms with E-state index in [9.17, 15) is 22.4 Å². The third-order valence-corrected chi connectivity index (χ3v) is 1.95. The molecule has 0 atom stereocenters. The van der Waals surface area contributed by atoms with E-state index < -0.39 is 33.9 Å². The van der Waals surface area contributed by atoms with Crippen LogP contribution in [0, 0.1) is 17.1 Å². The number of halogens is 5. The Bertz CT molecular complexity index is 490. The van der Waals surface area contributed by atoms with Gasteiger partial charge in [-0.2, -0.15) is 18.4 Å². The topological polar surface area (TPSA) is 40.9 Å². The Morgan fingerprint density at radius 3 is 2.31 bits per heavy atom. The number of benzene rings is 1. The van der Waals surface area contributed by atoms with Crippen LogP contribution in [0.15, 0.2) is 12.1 Å². The minimum Gasteiger partial charge on any atom is -0.275 e. The van der Waals surface area contributed by atoms with Gasteiger partial charge in [0.2, 0.25) is 0 Å². The van der Waals surface area contributed by atoms with Crippen LogP contribution in [0.3, 0.4) is 0 Å². The Kier molecular flexibility index (Phi) is 3.19. The Labute approximate surface area is 92.0 Å². The highest BCUT2D eigenvalue weighted by atomic mass is 35.5. The van der Waals surface area contributed by atoms with Gasteiger partial charge in [-0.15, -0.1) is 0 Å². The van der Waals surface area contributed by atoms with Crippen molar-refractivity contribution in [3.63, 3.8) is 0 Å². The minimum absolute atomic E-state index is 0.225. The van der Waals surface area contributed by atoms with Crippen molar-refractivity contribution in [3.8, 4) is 6.07 Å². The predicted molar refractivity (Wildman–Crippen MR) is 46.3 cm³/mol. The van der Waals surface area contributed by atoms with Crippen molar-refractivity contribution >= 4 is 16.8 Å². The van der Waals surface area contributed by atoms with E-state index in [2.05, 4.69) is 0 Å². The van der Waals surface area contributed by atoms with E-state index in [1.165, 1.54) is 6.07 Å². The number of rotatable bonds is 1. The van der Waals surface area contributed by atoms with Gasteiger partial charge in [-0.25, -0.2) is 4.39 Å². The van der Waals surface area contributed by atoms with Crippen molar-refractivity contribution in [1.82, 2.24) is 0 Å². The van der Waals surface area contributed by atoms with Crippen molar-refractivity contribution in [2.45, 2.75) is 6.18 Å². The molecule has 0 N–H and O–H groups in total. The van der Waals surface area contributed by atoms with Crippen LogP contribution in [0.4, 0.5) is 17.6 Å². The number of carbonyl (C=O) groups is 1. The lowest BCUT2D eigenvalue weighted by atomic mass is 10.0. The van der Waals surface area contributed by atoms with Gasteiger partial charge in [-0.05, 0) is 23.7 Å². The second kappa shape index (κ2) is 4.10. The highest BCUT2D eigenvalue weighted by Gasteiger charge is 2.35. The molecular formula is C9H2ClF4NO. The molecule has 0 fully saturated rings. The molecule has 0 saturated carbocycles. The maximum atomic E-state index is 13.0. The largest absolute Gasteiger partial charge is 0.417 e. The summed E-state index contributed by atoms with van der Waals surface area (Å²) in [5, 5.41) is 7.05. The van der Waals surface area contributed by atoms with Crippen LogP contribution in [-0.4, -0.2) is 5.24 Å². The van der Waals surface area contributed by atoms with Crippen molar-refractivity contribution in [2.75, 3.05) is 0 Å². The maximum absolute atomic E-state index is 13.0. The number of nitrogens with zero attached hydrogens (tertiary/aromatic N) is 1. The van der Waals surface area contributed by atoms with Crippen molar-refractivity contribution < 1.29 is 22.4 Å². The normalized spacial score (nSPS) is 11.0. The summed E-state index contributed by atoms with van der Waals surface area (Å²) in [5.74, 6) is -1.26. The van der Waals surface area contributed by atoms with Crippen LogP contribution in [0.2, 0.25) is 0 Å². The van der Waals surface area contributed by atoms with Gasteiger partial charge in [0, 0.05) is 0 Å². The molecule has 0 radical (unpaired) electrons. The first-order chi connectivity index (χ1) is 7.27. The number of nitriles is 1. The second-order valence-corrected chi connectivity index (χ2v) is 3.10. The Balaban J connectivity index is 3.55. The van der Waals surface area contributed by atoms with E-state index in [0.29, 0.717) is 6.07 Å². The van der Waals surface area contributed by atoms with Gasteiger partial charge in [-0.1, -0.05) is 0 Å². The first-order valence-corrected chi connectivity index (χ1v) is 4.16. The summed E-state index contributed by atoms with van der Waals surface area (Å²) in [5.41, 5.74) is -3.19. The summed E-state index contributed by atoms with van der Waals surface area (Å²) < 4.78 is 50.2. The fraction of sp³-hybridized carbons (Fsp3) is 0.111. The number of alkyl halides is 3. The van der Waals surface area contributed by atoms with Crippen molar-refractivity contribution in [2.24, 2.45) is 0 Å². The first kappa shape index (κ1) is 12.5. The van der Waals surface area contributed by atoms with Gasteiger partial charge in [0.15, 0.2) is 0 Å². The predicted octanol–water partition coefficient (Wildman–Crippen LogP) is 3.10. The van der Waals surface area contributed by atoms with E-state index in [0.717, 1.165) is 0 Å². The first-order valence-electron chi connectivity index (χ1n) is 3.78. The molecule has 0 bridgehead atoms.